The van der Waals surface area contributed by atoms with Gasteiger partial charge < -0.3 is 5.11 Å². The van der Waals surface area contributed by atoms with Gasteiger partial charge in [0, 0.05) is 12.0 Å². The third kappa shape index (κ3) is 1.55. The first-order valence-corrected chi connectivity index (χ1v) is 4.74. The number of rotatable bonds is 1. The van der Waals surface area contributed by atoms with Gasteiger partial charge in [-0.25, -0.2) is 0 Å². The molecule has 1 atom stereocenters. The maximum absolute atomic E-state index is 10.2. The van der Waals surface area contributed by atoms with E-state index < -0.39 is 5.72 Å². The highest BCUT2D eigenvalue weighted by Gasteiger charge is 2.41. The topological polar surface area (TPSA) is 45.0 Å². The quantitative estimate of drug-likeness (QED) is 0.726. The molecule has 1 unspecified atom stereocenters. The largest absolute Gasteiger partial charge is 0.364 e. The summed E-state index contributed by atoms with van der Waals surface area (Å²) in [6, 6.07) is 9.47. The number of benzene rings is 1. The minimum absolute atomic E-state index is 0.259. The first-order chi connectivity index (χ1) is 6.52. The Balaban J connectivity index is 2.33. The summed E-state index contributed by atoms with van der Waals surface area (Å²) in [5, 5.41) is 18.3. The Hall–Kier alpha value is -1.22. The molecule has 0 amide bonds. The molecule has 0 saturated heterocycles. The van der Waals surface area contributed by atoms with E-state index in [4.69, 9.17) is 0 Å². The van der Waals surface area contributed by atoms with Crippen LogP contribution in [0.1, 0.15) is 25.8 Å². The van der Waals surface area contributed by atoms with Crippen molar-refractivity contribution in [2.45, 2.75) is 31.5 Å². The van der Waals surface area contributed by atoms with E-state index in [9.17, 15) is 5.11 Å². The Kier molecular flexibility index (Phi) is 1.93. The summed E-state index contributed by atoms with van der Waals surface area (Å²) < 4.78 is 0. The summed E-state index contributed by atoms with van der Waals surface area (Å²) in [7, 11) is 0. The molecule has 1 heterocycles. The zero-order valence-electron chi connectivity index (χ0n) is 8.44. The third-order valence-corrected chi connectivity index (χ3v) is 2.40. The zero-order valence-corrected chi connectivity index (χ0v) is 8.44. The Labute approximate surface area is 83.5 Å². The number of nitrogens with zero attached hydrogens (tertiary/aromatic N) is 2. The molecule has 0 bridgehead atoms. The molecule has 0 radical (unpaired) electrons. The molecule has 0 aromatic heterocycles. The van der Waals surface area contributed by atoms with Crippen LogP contribution >= 0.6 is 0 Å². The molecule has 1 aliphatic heterocycles. The van der Waals surface area contributed by atoms with E-state index >= 15 is 0 Å². The van der Waals surface area contributed by atoms with Gasteiger partial charge in [0.15, 0.2) is 0 Å². The third-order valence-electron chi connectivity index (χ3n) is 2.40. The fourth-order valence-electron chi connectivity index (χ4n) is 1.76. The lowest BCUT2D eigenvalue weighted by atomic mass is 9.91. The minimum atomic E-state index is -1.12. The highest BCUT2D eigenvalue weighted by Crippen LogP contribution is 2.39. The lowest BCUT2D eigenvalue weighted by Crippen LogP contribution is -2.26. The summed E-state index contributed by atoms with van der Waals surface area (Å²) in [5.74, 6) is 0. The Morgan fingerprint density at radius 2 is 1.79 bits per heavy atom. The van der Waals surface area contributed by atoms with Gasteiger partial charge in [-0.3, -0.25) is 0 Å². The molecule has 0 saturated carbocycles. The summed E-state index contributed by atoms with van der Waals surface area (Å²) >= 11 is 0. The maximum Gasteiger partial charge on any atom is 0.204 e. The smallest absolute Gasteiger partial charge is 0.204 e. The van der Waals surface area contributed by atoms with Gasteiger partial charge in [-0.15, -0.1) is 0 Å². The molecule has 1 aromatic rings. The van der Waals surface area contributed by atoms with Crippen molar-refractivity contribution in [3.05, 3.63) is 35.9 Å². The van der Waals surface area contributed by atoms with E-state index in [1.165, 1.54) is 0 Å². The van der Waals surface area contributed by atoms with Crippen LogP contribution in [-0.4, -0.2) is 10.6 Å². The highest BCUT2D eigenvalue weighted by molar-refractivity contribution is 5.23. The fourth-order valence-corrected chi connectivity index (χ4v) is 1.76. The minimum Gasteiger partial charge on any atom is -0.364 e. The molecule has 1 N–H and O–H groups in total. The Bertz CT molecular complexity index is 359. The first kappa shape index (κ1) is 9.34. The van der Waals surface area contributed by atoms with Crippen LogP contribution < -0.4 is 0 Å². The molecular weight excluding hydrogens is 176 g/mol. The molecular formula is C11H14N2O. The van der Waals surface area contributed by atoms with Crippen molar-refractivity contribution in [1.82, 2.24) is 0 Å². The SMILES string of the molecule is CC1(C)CC(O)(c2ccccc2)N=N1. The zero-order chi connectivity index (χ0) is 10.2. The average Bonchev–Trinajstić information content (AvgIpc) is 2.44. The van der Waals surface area contributed by atoms with Gasteiger partial charge in [0.1, 0.15) is 0 Å². The van der Waals surface area contributed by atoms with Crippen molar-refractivity contribution in [3.8, 4) is 0 Å². The van der Waals surface area contributed by atoms with Crippen LogP contribution in [0.2, 0.25) is 0 Å². The molecule has 0 spiro atoms. The van der Waals surface area contributed by atoms with E-state index in [-0.39, 0.29) is 5.54 Å². The molecule has 0 fully saturated rings. The summed E-state index contributed by atoms with van der Waals surface area (Å²) in [6.07, 6.45) is 0.546. The van der Waals surface area contributed by atoms with Crippen molar-refractivity contribution in [3.63, 3.8) is 0 Å². The summed E-state index contributed by atoms with van der Waals surface area (Å²) in [5.41, 5.74) is -0.565. The van der Waals surface area contributed by atoms with Gasteiger partial charge in [0.2, 0.25) is 5.72 Å². The number of azo groups is 1. The standard InChI is InChI=1S/C11H14N2O/c1-10(2)8-11(14,13-12-10)9-6-4-3-5-7-9/h3-7,14H,8H2,1-2H3. The van der Waals surface area contributed by atoms with Crippen molar-refractivity contribution in [2.75, 3.05) is 0 Å². The number of hydrogen-bond donors (Lipinski definition) is 1. The van der Waals surface area contributed by atoms with Crippen molar-refractivity contribution in [1.29, 1.82) is 0 Å². The molecule has 1 aromatic carbocycles. The highest BCUT2D eigenvalue weighted by atomic mass is 16.3. The van der Waals surface area contributed by atoms with E-state index in [0.717, 1.165) is 5.56 Å². The van der Waals surface area contributed by atoms with Crippen molar-refractivity contribution < 1.29 is 5.11 Å². The normalized spacial score (nSPS) is 29.4. The van der Waals surface area contributed by atoms with Crippen LogP contribution in [0.4, 0.5) is 0 Å². The molecule has 14 heavy (non-hydrogen) atoms. The van der Waals surface area contributed by atoms with Gasteiger partial charge in [-0.05, 0) is 13.8 Å². The lowest BCUT2D eigenvalue weighted by molar-refractivity contribution is 0.0394. The number of hydrogen-bond acceptors (Lipinski definition) is 3. The maximum atomic E-state index is 10.2. The fraction of sp³-hybridized carbons (Fsp3) is 0.455. The second-order valence-corrected chi connectivity index (χ2v) is 4.37. The van der Waals surface area contributed by atoms with Crippen LogP contribution in [-0.2, 0) is 5.72 Å². The van der Waals surface area contributed by atoms with E-state index in [1.807, 2.05) is 44.2 Å². The molecule has 3 nitrogen and oxygen atoms in total. The predicted molar refractivity (Wildman–Crippen MR) is 53.9 cm³/mol. The van der Waals surface area contributed by atoms with E-state index in [1.54, 1.807) is 0 Å². The number of aliphatic hydroxyl groups is 1. The second-order valence-electron chi connectivity index (χ2n) is 4.37. The average molecular weight is 190 g/mol. The monoisotopic (exact) mass is 190 g/mol. The van der Waals surface area contributed by atoms with E-state index in [2.05, 4.69) is 10.2 Å². The molecule has 3 heteroatoms. The molecule has 0 aliphatic carbocycles. The summed E-state index contributed by atoms with van der Waals surface area (Å²) in [4.78, 5) is 0. The summed E-state index contributed by atoms with van der Waals surface area (Å²) in [6.45, 7) is 3.94. The molecule has 74 valence electrons. The Morgan fingerprint density at radius 1 is 1.14 bits per heavy atom. The van der Waals surface area contributed by atoms with Crippen LogP contribution in [0.25, 0.3) is 0 Å². The molecule has 1 aliphatic rings. The first-order valence-electron chi connectivity index (χ1n) is 4.74. The van der Waals surface area contributed by atoms with Gasteiger partial charge in [-0.2, -0.15) is 10.2 Å². The van der Waals surface area contributed by atoms with Crippen molar-refractivity contribution in [2.24, 2.45) is 10.2 Å². The van der Waals surface area contributed by atoms with Gasteiger partial charge in [0.25, 0.3) is 0 Å². The Morgan fingerprint density at radius 3 is 2.29 bits per heavy atom. The van der Waals surface area contributed by atoms with Crippen LogP contribution in [0.3, 0.4) is 0 Å². The van der Waals surface area contributed by atoms with Gasteiger partial charge >= 0.3 is 0 Å². The van der Waals surface area contributed by atoms with E-state index in [0.29, 0.717) is 6.42 Å². The molecule has 2 rings (SSSR count). The second kappa shape index (κ2) is 2.89. The lowest BCUT2D eigenvalue weighted by Gasteiger charge is -2.21. The van der Waals surface area contributed by atoms with Gasteiger partial charge in [0.05, 0.1) is 5.54 Å². The van der Waals surface area contributed by atoms with Gasteiger partial charge in [-0.1, -0.05) is 30.3 Å². The van der Waals surface area contributed by atoms with Crippen LogP contribution in [0.5, 0.6) is 0 Å². The van der Waals surface area contributed by atoms with Crippen molar-refractivity contribution >= 4 is 0 Å². The predicted octanol–water partition coefficient (Wildman–Crippen LogP) is 2.47. The van der Waals surface area contributed by atoms with Crippen LogP contribution in [0, 0.1) is 0 Å². The van der Waals surface area contributed by atoms with Crippen LogP contribution in [0.15, 0.2) is 40.6 Å².